The van der Waals surface area contributed by atoms with Crippen LogP contribution in [0.3, 0.4) is 0 Å². The van der Waals surface area contributed by atoms with Crippen molar-refractivity contribution in [2.75, 3.05) is 13.7 Å². The Balaban J connectivity index is 1.63. The fourth-order valence-corrected chi connectivity index (χ4v) is 3.38. The summed E-state index contributed by atoms with van der Waals surface area (Å²) < 4.78 is 44.9. The molecule has 4 nitrogen and oxygen atoms in total. The van der Waals surface area contributed by atoms with Crippen molar-refractivity contribution in [3.63, 3.8) is 0 Å². The second-order valence-electron chi connectivity index (χ2n) is 5.61. The number of hydrogen-bond acceptors (Lipinski definition) is 4. The summed E-state index contributed by atoms with van der Waals surface area (Å²) >= 11 is 1.47. The molecular formula is C18H15F3N2O2S. The van der Waals surface area contributed by atoms with Gasteiger partial charge in [-0.2, -0.15) is 13.2 Å². The maximum atomic E-state index is 12.9. The van der Waals surface area contributed by atoms with E-state index < -0.39 is 24.3 Å². The standard InChI is InChI=1S/C18H15F3N2O2S/c1-23(10-16-22-13-7-3-5-9-15(13)26-16)17(24)11-25-14-8-4-2-6-12(14)18(19,20)21/h2-9H,10-11H2,1H3. The number of alkyl halides is 3. The van der Waals surface area contributed by atoms with Crippen molar-refractivity contribution in [2.24, 2.45) is 0 Å². The maximum Gasteiger partial charge on any atom is 0.419 e. The number of carbonyl (C=O) groups is 1. The molecule has 0 radical (unpaired) electrons. The van der Waals surface area contributed by atoms with Crippen LogP contribution in [0.2, 0.25) is 0 Å². The van der Waals surface area contributed by atoms with Crippen LogP contribution in [0.25, 0.3) is 10.2 Å². The van der Waals surface area contributed by atoms with Crippen molar-refractivity contribution in [3.8, 4) is 5.75 Å². The van der Waals surface area contributed by atoms with Crippen LogP contribution >= 0.6 is 11.3 Å². The molecule has 0 atom stereocenters. The normalized spacial score (nSPS) is 11.5. The largest absolute Gasteiger partial charge is 0.483 e. The molecule has 1 amide bonds. The number of aromatic nitrogens is 1. The molecule has 1 heterocycles. The predicted molar refractivity (Wildman–Crippen MR) is 93.0 cm³/mol. The van der Waals surface area contributed by atoms with Gasteiger partial charge in [0.2, 0.25) is 0 Å². The Kier molecular flexibility index (Phi) is 5.13. The van der Waals surface area contributed by atoms with E-state index in [1.807, 2.05) is 24.3 Å². The Labute approximate surface area is 151 Å². The molecule has 8 heteroatoms. The third-order valence-corrected chi connectivity index (χ3v) is 4.70. The topological polar surface area (TPSA) is 42.4 Å². The number of rotatable bonds is 5. The van der Waals surface area contributed by atoms with Crippen LogP contribution < -0.4 is 4.74 Å². The molecule has 0 spiro atoms. The molecule has 1 aromatic heterocycles. The van der Waals surface area contributed by atoms with E-state index in [1.165, 1.54) is 34.4 Å². The number of likely N-dealkylation sites (N-methyl/N-ethyl adjacent to an activating group) is 1. The SMILES string of the molecule is CN(Cc1nc2ccccc2s1)C(=O)COc1ccccc1C(F)(F)F. The number of thiazole rings is 1. The van der Waals surface area contributed by atoms with E-state index >= 15 is 0 Å². The Morgan fingerprint density at radius 2 is 1.85 bits per heavy atom. The van der Waals surface area contributed by atoms with Gasteiger partial charge in [-0.1, -0.05) is 24.3 Å². The van der Waals surface area contributed by atoms with Crippen molar-refractivity contribution >= 4 is 27.5 Å². The van der Waals surface area contributed by atoms with Gasteiger partial charge in [0.05, 0.1) is 22.3 Å². The van der Waals surface area contributed by atoms with E-state index in [2.05, 4.69) is 4.98 Å². The monoisotopic (exact) mass is 380 g/mol. The molecule has 0 N–H and O–H groups in total. The van der Waals surface area contributed by atoms with Gasteiger partial charge in [-0.05, 0) is 24.3 Å². The van der Waals surface area contributed by atoms with Gasteiger partial charge in [0, 0.05) is 7.05 Å². The summed E-state index contributed by atoms with van der Waals surface area (Å²) in [5.41, 5.74) is -0.0506. The smallest absolute Gasteiger partial charge is 0.419 e. The van der Waals surface area contributed by atoms with Gasteiger partial charge in [0.15, 0.2) is 6.61 Å². The highest BCUT2D eigenvalue weighted by atomic mass is 32.1. The molecule has 3 rings (SSSR count). The molecule has 0 aliphatic heterocycles. The van der Waals surface area contributed by atoms with E-state index in [0.717, 1.165) is 21.3 Å². The molecule has 0 unspecified atom stereocenters. The maximum absolute atomic E-state index is 12.9. The third-order valence-electron chi connectivity index (χ3n) is 3.68. The Hall–Kier alpha value is -2.61. The summed E-state index contributed by atoms with van der Waals surface area (Å²) in [6, 6.07) is 12.4. The fraction of sp³-hybridized carbons (Fsp3) is 0.222. The number of halogens is 3. The van der Waals surface area contributed by atoms with E-state index in [0.29, 0.717) is 0 Å². The van der Waals surface area contributed by atoms with Crippen molar-refractivity contribution in [1.82, 2.24) is 9.88 Å². The van der Waals surface area contributed by atoms with Gasteiger partial charge in [-0.15, -0.1) is 11.3 Å². The highest BCUT2D eigenvalue weighted by molar-refractivity contribution is 7.18. The molecule has 0 saturated heterocycles. The summed E-state index contributed by atoms with van der Waals surface area (Å²) in [5, 5.41) is 0.748. The number of nitrogens with zero attached hydrogens (tertiary/aromatic N) is 2. The van der Waals surface area contributed by atoms with E-state index in [-0.39, 0.29) is 12.3 Å². The first kappa shape index (κ1) is 18.2. The van der Waals surface area contributed by atoms with Crippen molar-refractivity contribution in [2.45, 2.75) is 12.7 Å². The molecule has 0 aliphatic carbocycles. The van der Waals surface area contributed by atoms with Crippen molar-refractivity contribution in [3.05, 3.63) is 59.1 Å². The van der Waals surface area contributed by atoms with Crippen LogP contribution in [0, 0.1) is 0 Å². The quantitative estimate of drug-likeness (QED) is 0.661. The van der Waals surface area contributed by atoms with Gasteiger partial charge in [-0.25, -0.2) is 4.98 Å². The van der Waals surface area contributed by atoms with Crippen LogP contribution in [-0.2, 0) is 17.5 Å². The van der Waals surface area contributed by atoms with Gasteiger partial charge in [-0.3, -0.25) is 4.79 Å². The Bertz CT molecular complexity index is 891. The Morgan fingerprint density at radius 1 is 1.15 bits per heavy atom. The minimum atomic E-state index is -4.54. The zero-order chi connectivity index (χ0) is 18.7. The van der Waals surface area contributed by atoms with Crippen molar-refractivity contribution in [1.29, 1.82) is 0 Å². The number of amides is 1. The first-order valence-corrected chi connectivity index (χ1v) is 8.53. The lowest BCUT2D eigenvalue weighted by molar-refractivity contribution is -0.140. The summed E-state index contributed by atoms with van der Waals surface area (Å²) in [4.78, 5) is 18.0. The molecule has 2 aromatic carbocycles. The van der Waals surface area contributed by atoms with E-state index in [9.17, 15) is 18.0 Å². The molecule has 26 heavy (non-hydrogen) atoms. The molecule has 136 valence electrons. The molecule has 0 bridgehead atoms. The fourth-order valence-electron chi connectivity index (χ4n) is 2.36. The lowest BCUT2D eigenvalue weighted by Crippen LogP contribution is -2.31. The average molecular weight is 380 g/mol. The van der Waals surface area contributed by atoms with Crippen LogP contribution in [0.5, 0.6) is 5.75 Å². The second-order valence-corrected chi connectivity index (χ2v) is 6.72. The van der Waals surface area contributed by atoms with E-state index in [4.69, 9.17) is 4.74 Å². The lowest BCUT2D eigenvalue weighted by Gasteiger charge is -2.17. The third kappa shape index (κ3) is 4.13. The van der Waals surface area contributed by atoms with Gasteiger partial charge in [0.25, 0.3) is 5.91 Å². The first-order valence-electron chi connectivity index (χ1n) is 7.72. The van der Waals surface area contributed by atoms with Crippen LogP contribution in [0.15, 0.2) is 48.5 Å². The van der Waals surface area contributed by atoms with Crippen molar-refractivity contribution < 1.29 is 22.7 Å². The number of ether oxygens (including phenoxy) is 1. The van der Waals surface area contributed by atoms with Crippen LogP contribution in [0.4, 0.5) is 13.2 Å². The van der Waals surface area contributed by atoms with Gasteiger partial charge < -0.3 is 9.64 Å². The zero-order valence-corrected chi connectivity index (χ0v) is 14.6. The highest BCUT2D eigenvalue weighted by Crippen LogP contribution is 2.35. The number of fused-ring (bicyclic) bond motifs is 1. The molecule has 0 fully saturated rings. The molecular weight excluding hydrogens is 365 g/mol. The second kappa shape index (κ2) is 7.33. The van der Waals surface area contributed by atoms with Crippen LogP contribution in [-0.4, -0.2) is 29.4 Å². The average Bonchev–Trinajstić information content (AvgIpc) is 3.01. The predicted octanol–water partition coefficient (Wildman–Crippen LogP) is 4.35. The minimum absolute atomic E-state index is 0.266. The minimum Gasteiger partial charge on any atom is -0.483 e. The summed E-state index contributed by atoms with van der Waals surface area (Å²) in [6.07, 6.45) is -4.54. The zero-order valence-electron chi connectivity index (χ0n) is 13.8. The van der Waals surface area contributed by atoms with E-state index in [1.54, 1.807) is 7.05 Å². The summed E-state index contributed by atoms with van der Waals surface area (Å²) in [6.45, 7) is -0.211. The number of hydrogen-bond donors (Lipinski definition) is 0. The summed E-state index contributed by atoms with van der Waals surface area (Å²) in [5.74, 6) is -0.789. The van der Waals surface area contributed by atoms with Crippen LogP contribution in [0.1, 0.15) is 10.6 Å². The Morgan fingerprint density at radius 3 is 2.58 bits per heavy atom. The highest BCUT2D eigenvalue weighted by Gasteiger charge is 2.34. The van der Waals surface area contributed by atoms with Gasteiger partial charge >= 0.3 is 6.18 Å². The lowest BCUT2D eigenvalue weighted by atomic mass is 10.2. The first-order chi connectivity index (χ1) is 12.3. The number of carbonyl (C=O) groups excluding carboxylic acids is 1. The van der Waals surface area contributed by atoms with Gasteiger partial charge in [0.1, 0.15) is 10.8 Å². The molecule has 0 aliphatic rings. The number of para-hydroxylation sites is 2. The molecule has 3 aromatic rings. The number of benzene rings is 2. The summed E-state index contributed by atoms with van der Waals surface area (Å²) in [7, 11) is 1.56. The molecule has 0 saturated carbocycles.